The third-order valence-corrected chi connectivity index (χ3v) is 3.83. The van der Waals surface area contributed by atoms with Gasteiger partial charge in [0, 0.05) is 34.2 Å². The van der Waals surface area contributed by atoms with E-state index in [-0.39, 0.29) is 12.4 Å². The number of hydrogen-bond acceptors (Lipinski definition) is 2. The fourth-order valence-corrected chi connectivity index (χ4v) is 2.81. The number of nitrogens with two attached hydrogens (primary N) is 1. The Bertz CT molecular complexity index is 1050. The number of fused-ring (bicyclic) bond motifs is 2. The fraction of sp³-hybridized carbons (Fsp3) is 0.0588. The van der Waals surface area contributed by atoms with Crippen molar-refractivity contribution in [3.05, 3.63) is 54.6 Å². The second kappa shape index (κ2) is 4.95. The van der Waals surface area contributed by atoms with Crippen LogP contribution in [0.3, 0.4) is 0 Å². The van der Waals surface area contributed by atoms with E-state index in [4.69, 9.17) is 5.73 Å². The van der Waals surface area contributed by atoms with Crippen molar-refractivity contribution in [3.63, 3.8) is 0 Å². The molecule has 3 N–H and O–H groups in total. The molecule has 2 aromatic carbocycles. The van der Waals surface area contributed by atoms with Crippen LogP contribution in [-0.2, 0) is 11.3 Å². The predicted molar refractivity (Wildman–Crippen MR) is 86.2 cm³/mol. The van der Waals surface area contributed by atoms with Crippen molar-refractivity contribution in [3.8, 4) is 11.1 Å². The zero-order valence-electron chi connectivity index (χ0n) is 12.1. The van der Waals surface area contributed by atoms with Crippen LogP contribution in [-0.4, -0.2) is 20.7 Å². The molecule has 0 unspecified atom stereocenters. The average molecular weight is 308 g/mol. The summed E-state index contributed by atoms with van der Waals surface area (Å²) in [5.41, 5.74) is 8.67. The van der Waals surface area contributed by atoms with Crippen molar-refractivity contribution in [1.29, 1.82) is 0 Å². The molecule has 4 aromatic rings. The van der Waals surface area contributed by atoms with E-state index in [1.165, 1.54) is 16.8 Å². The van der Waals surface area contributed by atoms with Crippen LogP contribution in [0.2, 0.25) is 0 Å². The summed E-state index contributed by atoms with van der Waals surface area (Å²) in [6.07, 6.45) is 3.64. The third-order valence-electron chi connectivity index (χ3n) is 3.83. The van der Waals surface area contributed by atoms with E-state index in [2.05, 4.69) is 10.1 Å². The SMILES string of the molecule is NC(=O)Cn1cc2ccc(-c3c[nH]c4cc(F)ccc34)cc2n1. The van der Waals surface area contributed by atoms with Gasteiger partial charge in [0.2, 0.25) is 5.91 Å². The lowest BCUT2D eigenvalue weighted by Crippen LogP contribution is -2.18. The van der Waals surface area contributed by atoms with E-state index in [9.17, 15) is 9.18 Å². The summed E-state index contributed by atoms with van der Waals surface area (Å²) < 4.78 is 14.8. The smallest absolute Gasteiger partial charge is 0.239 e. The van der Waals surface area contributed by atoms with Crippen LogP contribution in [0.25, 0.3) is 32.9 Å². The molecule has 0 bridgehead atoms. The average Bonchev–Trinajstić information content (AvgIpc) is 3.08. The van der Waals surface area contributed by atoms with Gasteiger partial charge in [-0.15, -0.1) is 0 Å². The summed E-state index contributed by atoms with van der Waals surface area (Å²) in [6, 6.07) is 10.5. The largest absolute Gasteiger partial charge is 0.368 e. The van der Waals surface area contributed by atoms with Crippen molar-refractivity contribution in [2.24, 2.45) is 5.73 Å². The molecule has 0 saturated carbocycles. The van der Waals surface area contributed by atoms with Gasteiger partial charge in [-0.2, -0.15) is 5.10 Å². The van der Waals surface area contributed by atoms with E-state index in [1.54, 1.807) is 12.3 Å². The zero-order valence-corrected chi connectivity index (χ0v) is 12.1. The number of nitrogens with one attached hydrogen (secondary N) is 1. The number of carbonyl (C=O) groups is 1. The molecule has 0 radical (unpaired) electrons. The minimum Gasteiger partial charge on any atom is -0.368 e. The molecule has 5 nitrogen and oxygen atoms in total. The maximum atomic E-state index is 13.3. The molecule has 4 rings (SSSR count). The van der Waals surface area contributed by atoms with Crippen LogP contribution in [0.15, 0.2) is 48.8 Å². The summed E-state index contributed by atoms with van der Waals surface area (Å²) in [6.45, 7) is 0.0520. The zero-order chi connectivity index (χ0) is 16.0. The van der Waals surface area contributed by atoms with E-state index < -0.39 is 5.91 Å². The molecule has 0 aliphatic carbocycles. The lowest BCUT2D eigenvalue weighted by atomic mass is 10.0. The number of primary amides is 1. The molecular formula is C17H13FN4O. The van der Waals surface area contributed by atoms with Crippen molar-refractivity contribution in [2.45, 2.75) is 6.54 Å². The number of benzene rings is 2. The number of carbonyl (C=O) groups excluding carboxylic acids is 1. The molecule has 0 spiro atoms. The Labute approximate surface area is 130 Å². The predicted octanol–water partition coefficient (Wildman–Crippen LogP) is 2.81. The quantitative estimate of drug-likeness (QED) is 0.610. The molecule has 2 aromatic heterocycles. The number of nitrogens with zero attached hydrogens (tertiary/aromatic N) is 2. The first-order valence-corrected chi connectivity index (χ1v) is 7.13. The minimum absolute atomic E-state index is 0.0520. The van der Waals surface area contributed by atoms with E-state index in [0.29, 0.717) is 0 Å². The molecule has 1 amide bonds. The summed E-state index contributed by atoms with van der Waals surface area (Å²) in [5.74, 6) is -0.705. The maximum absolute atomic E-state index is 13.3. The van der Waals surface area contributed by atoms with E-state index in [1.807, 2.05) is 24.4 Å². The summed E-state index contributed by atoms with van der Waals surface area (Å²) in [5, 5.41) is 6.24. The first kappa shape index (κ1) is 13.5. The normalized spacial score (nSPS) is 11.3. The Hall–Kier alpha value is -3.15. The first-order chi connectivity index (χ1) is 11.1. The van der Waals surface area contributed by atoms with Gasteiger partial charge in [0.25, 0.3) is 0 Å². The van der Waals surface area contributed by atoms with Crippen molar-refractivity contribution in [2.75, 3.05) is 0 Å². The van der Waals surface area contributed by atoms with Gasteiger partial charge >= 0.3 is 0 Å². The standard InChI is InChI=1S/C17H13FN4O/c18-12-3-4-13-14(7-20-16(13)6-12)10-1-2-11-8-22(9-17(19)23)21-15(11)5-10/h1-8,20H,9H2,(H2,19,23). The van der Waals surface area contributed by atoms with Crippen LogP contribution in [0.4, 0.5) is 4.39 Å². The highest BCUT2D eigenvalue weighted by Gasteiger charge is 2.09. The molecule has 6 heteroatoms. The van der Waals surface area contributed by atoms with Gasteiger partial charge < -0.3 is 10.7 Å². The van der Waals surface area contributed by atoms with Gasteiger partial charge in [-0.3, -0.25) is 9.48 Å². The number of aromatic amines is 1. The number of hydrogen-bond donors (Lipinski definition) is 2. The van der Waals surface area contributed by atoms with Crippen molar-refractivity contribution in [1.82, 2.24) is 14.8 Å². The molecule has 0 atom stereocenters. The van der Waals surface area contributed by atoms with Crippen LogP contribution < -0.4 is 5.73 Å². The number of amides is 1. The van der Waals surface area contributed by atoms with Gasteiger partial charge in [0.05, 0.1) is 5.52 Å². The van der Waals surface area contributed by atoms with Gasteiger partial charge in [-0.25, -0.2) is 4.39 Å². The Morgan fingerprint density at radius 3 is 2.96 bits per heavy atom. The van der Waals surface area contributed by atoms with E-state index >= 15 is 0 Å². The molecule has 0 aliphatic rings. The van der Waals surface area contributed by atoms with Crippen LogP contribution in [0.5, 0.6) is 0 Å². The Morgan fingerprint density at radius 2 is 2.13 bits per heavy atom. The van der Waals surface area contributed by atoms with Crippen LogP contribution in [0, 0.1) is 5.82 Å². The monoisotopic (exact) mass is 308 g/mol. The third kappa shape index (κ3) is 2.34. The number of H-pyrrole nitrogens is 1. The summed E-state index contributed by atoms with van der Waals surface area (Å²) in [4.78, 5) is 14.1. The lowest BCUT2D eigenvalue weighted by molar-refractivity contribution is -0.118. The Balaban J connectivity index is 1.82. The second-order valence-corrected chi connectivity index (χ2v) is 5.46. The Morgan fingerprint density at radius 1 is 1.26 bits per heavy atom. The molecule has 2 heterocycles. The molecule has 0 fully saturated rings. The fourth-order valence-electron chi connectivity index (χ4n) is 2.81. The maximum Gasteiger partial charge on any atom is 0.239 e. The van der Waals surface area contributed by atoms with Crippen LogP contribution >= 0.6 is 0 Å². The molecule has 23 heavy (non-hydrogen) atoms. The van der Waals surface area contributed by atoms with Crippen molar-refractivity contribution < 1.29 is 9.18 Å². The van der Waals surface area contributed by atoms with Gasteiger partial charge in [-0.1, -0.05) is 12.1 Å². The van der Waals surface area contributed by atoms with Gasteiger partial charge in [0.1, 0.15) is 12.4 Å². The van der Waals surface area contributed by atoms with E-state index in [0.717, 1.165) is 32.9 Å². The van der Waals surface area contributed by atoms with Gasteiger partial charge in [-0.05, 0) is 29.8 Å². The topological polar surface area (TPSA) is 76.7 Å². The number of aromatic nitrogens is 3. The minimum atomic E-state index is -0.434. The highest BCUT2D eigenvalue weighted by atomic mass is 19.1. The highest BCUT2D eigenvalue weighted by Crippen LogP contribution is 2.30. The molecule has 0 saturated heterocycles. The molecule has 114 valence electrons. The summed E-state index contributed by atoms with van der Waals surface area (Å²) >= 11 is 0. The van der Waals surface area contributed by atoms with Crippen molar-refractivity contribution >= 4 is 27.7 Å². The Kier molecular flexibility index (Phi) is 2.90. The highest BCUT2D eigenvalue weighted by molar-refractivity contribution is 5.97. The number of rotatable bonds is 3. The number of halogens is 1. The second-order valence-electron chi connectivity index (χ2n) is 5.46. The lowest BCUT2D eigenvalue weighted by Gasteiger charge is -2.00. The summed E-state index contributed by atoms with van der Waals surface area (Å²) in [7, 11) is 0. The van der Waals surface area contributed by atoms with Gasteiger partial charge in [0.15, 0.2) is 0 Å². The van der Waals surface area contributed by atoms with Crippen LogP contribution in [0.1, 0.15) is 0 Å². The molecule has 0 aliphatic heterocycles. The first-order valence-electron chi connectivity index (χ1n) is 7.13. The molecular weight excluding hydrogens is 295 g/mol.